The third kappa shape index (κ3) is 4.22. The van der Waals surface area contributed by atoms with E-state index in [-0.39, 0.29) is 17.8 Å². The molecule has 1 N–H and O–H groups in total. The maximum atomic E-state index is 12.6. The van der Waals surface area contributed by atoms with Crippen LogP contribution in [0.15, 0.2) is 51.8 Å². The first-order valence-corrected chi connectivity index (χ1v) is 9.24. The summed E-state index contributed by atoms with van der Waals surface area (Å²) in [6.07, 6.45) is 0. The van der Waals surface area contributed by atoms with E-state index >= 15 is 0 Å². The maximum Gasteiger partial charge on any atom is 0.322 e. The molecule has 0 saturated carbocycles. The monoisotopic (exact) mass is 385 g/mol. The molecule has 1 amide bonds. The molecular weight excluding hydrogens is 366 g/mol. The Kier molecular flexibility index (Phi) is 5.97. The fourth-order valence-electron chi connectivity index (χ4n) is 2.46. The molecule has 27 heavy (non-hydrogen) atoms. The van der Waals surface area contributed by atoms with E-state index in [1.807, 2.05) is 25.1 Å². The number of carbonyl (C=O) groups is 1. The van der Waals surface area contributed by atoms with Crippen LogP contribution in [0.5, 0.6) is 11.5 Å². The number of aromatic nitrogens is 2. The predicted molar refractivity (Wildman–Crippen MR) is 104 cm³/mol. The van der Waals surface area contributed by atoms with Crippen molar-refractivity contribution in [2.45, 2.75) is 11.8 Å². The van der Waals surface area contributed by atoms with E-state index in [0.29, 0.717) is 22.6 Å². The molecule has 0 aliphatic carbocycles. The number of nitrogens with zero attached hydrogens (tertiary/aromatic N) is 2. The Hall–Kier alpha value is -3.00. The van der Waals surface area contributed by atoms with Crippen LogP contribution in [0.3, 0.4) is 0 Å². The number of rotatable bonds is 7. The van der Waals surface area contributed by atoms with Crippen molar-refractivity contribution in [2.24, 2.45) is 0 Å². The lowest BCUT2D eigenvalue weighted by atomic mass is 10.2. The highest BCUT2D eigenvalue weighted by Gasteiger charge is 2.17. The van der Waals surface area contributed by atoms with Crippen LogP contribution in [0.25, 0.3) is 11.5 Å². The van der Waals surface area contributed by atoms with Gasteiger partial charge in [-0.2, -0.15) is 0 Å². The smallest absolute Gasteiger partial charge is 0.322 e. The first-order chi connectivity index (χ1) is 13.2. The molecule has 1 heterocycles. The van der Waals surface area contributed by atoms with Crippen molar-refractivity contribution in [1.29, 1.82) is 0 Å². The van der Waals surface area contributed by atoms with E-state index in [1.165, 1.54) is 0 Å². The third-order valence-electron chi connectivity index (χ3n) is 3.72. The Morgan fingerprint density at radius 1 is 1.15 bits per heavy atom. The average Bonchev–Trinajstić information content (AvgIpc) is 3.16. The third-order valence-corrected chi connectivity index (χ3v) is 4.67. The van der Waals surface area contributed by atoms with Gasteiger partial charge in [0.05, 0.1) is 25.3 Å². The fourth-order valence-corrected chi connectivity index (χ4v) is 3.26. The van der Waals surface area contributed by atoms with Gasteiger partial charge in [-0.25, -0.2) is 0 Å². The highest BCUT2D eigenvalue weighted by atomic mass is 32.2. The van der Waals surface area contributed by atoms with E-state index in [1.54, 1.807) is 50.2 Å². The number of thioether (sulfide) groups is 1. The normalized spacial score (nSPS) is 10.5. The quantitative estimate of drug-likeness (QED) is 0.612. The molecule has 2 aromatic carbocycles. The zero-order valence-electron chi connectivity index (χ0n) is 15.2. The molecule has 7 nitrogen and oxygen atoms in total. The molecule has 3 rings (SSSR count). The summed E-state index contributed by atoms with van der Waals surface area (Å²) < 4.78 is 16.1. The SMILES string of the molecule is CCSc1ccccc1C(=O)Nc1nnc(-c2ccc(OC)cc2OC)o1. The van der Waals surface area contributed by atoms with Crippen molar-refractivity contribution in [2.75, 3.05) is 25.3 Å². The van der Waals surface area contributed by atoms with Crippen molar-refractivity contribution in [3.63, 3.8) is 0 Å². The van der Waals surface area contributed by atoms with Crippen LogP contribution in [-0.4, -0.2) is 36.1 Å². The fraction of sp³-hybridized carbons (Fsp3) is 0.211. The molecule has 3 aromatic rings. The second-order valence-electron chi connectivity index (χ2n) is 5.36. The van der Waals surface area contributed by atoms with Crippen LogP contribution in [-0.2, 0) is 0 Å². The zero-order chi connectivity index (χ0) is 19.2. The Morgan fingerprint density at radius 3 is 2.70 bits per heavy atom. The lowest BCUT2D eigenvalue weighted by Gasteiger charge is -2.07. The molecule has 0 fully saturated rings. The Balaban J connectivity index is 1.82. The van der Waals surface area contributed by atoms with Crippen molar-refractivity contribution in [3.8, 4) is 23.0 Å². The topological polar surface area (TPSA) is 86.5 Å². The Bertz CT molecular complexity index is 942. The number of amides is 1. The number of nitrogens with one attached hydrogen (secondary N) is 1. The summed E-state index contributed by atoms with van der Waals surface area (Å²) in [7, 11) is 3.11. The van der Waals surface area contributed by atoms with Gasteiger partial charge >= 0.3 is 6.01 Å². The van der Waals surface area contributed by atoms with Crippen molar-refractivity contribution in [3.05, 3.63) is 48.0 Å². The van der Waals surface area contributed by atoms with Crippen molar-refractivity contribution in [1.82, 2.24) is 10.2 Å². The average molecular weight is 385 g/mol. The minimum atomic E-state index is -0.302. The Labute approximate surface area is 161 Å². The van der Waals surface area contributed by atoms with E-state index in [9.17, 15) is 4.79 Å². The minimum absolute atomic E-state index is 0.0178. The second-order valence-corrected chi connectivity index (χ2v) is 6.67. The largest absolute Gasteiger partial charge is 0.497 e. The van der Waals surface area contributed by atoms with Gasteiger partial charge in [-0.1, -0.05) is 24.2 Å². The van der Waals surface area contributed by atoms with Gasteiger partial charge in [0.15, 0.2) is 0 Å². The molecule has 140 valence electrons. The van der Waals surface area contributed by atoms with E-state index in [0.717, 1.165) is 10.6 Å². The summed E-state index contributed by atoms with van der Waals surface area (Å²) in [4.78, 5) is 13.5. The molecule has 8 heteroatoms. The number of methoxy groups -OCH3 is 2. The standard InChI is InChI=1S/C19H19N3O4S/c1-4-27-16-8-6-5-7-14(16)17(23)20-19-22-21-18(26-19)13-10-9-12(24-2)11-15(13)25-3/h5-11H,4H2,1-3H3,(H,20,22,23). The van der Waals surface area contributed by atoms with Gasteiger partial charge in [-0.05, 0) is 30.0 Å². The number of hydrogen-bond acceptors (Lipinski definition) is 7. The molecule has 0 spiro atoms. The lowest BCUT2D eigenvalue weighted by Crippen LogP contribution is -2.13. The number of anilines is 1. The van der Waals surface area contributed by atoms with Gasteiger partial charge < -0.3 is 13.9 Å². The van der Waals surface area contributed by atoms with Gasteiger partial charge in [-0.3, -0.25) is 10.1 Å². The molecule has 0 aliphatic rings. The van der Waals surface area contributed by atoms with Crippen LogP contribution in [0.2, 0.25) is 0 Å². The van der Waals surface area contributed by atoms with Crippen molar-refractivity contribution >= 4 is 23.7 Å². The van der Waals surface area contributed by atoms with Gasteiger partial charge in [0.1, 0.15) is 11.5 Å². The lowest BCUT2D eigenvalue weighted by molar-refractivity contribution is 0.102. The van der Waals surface area contributed by atoms with Crippen LogP contribution in [0, 0.1) is 0 Å². The summed E-state index contributed by atoms with van der Waals surface area (Å²) in [5.41, 5.74) is 1.17. The van der Waals surface area contributed by atoms with E-state index in [4.69, 9.17) is 13.9 Å². The molecule has 0 atom stereocenters. The molecule has 1 aromatic heterocycles. The number of carbonyl (C=O) groups excluding carboxylic acids is 1. The van der Waals surface area contributed by atoms with E-state index in [2.05, 4.69) is 15.5 Å². The summed E-state index contributed by atoms with van der Waals surface area (Å²) in [5.74, 6) is 1.98. The molecule has 0 unspecified atom stereocenters. The molecule has 0 aliphatic heterocycles. The number of ether oxygens (including phenoxy) is 2. The van der Waals surface area contributed by atoms with Crippen LogP contribution >= 0.6 is 11.8 Å². The number of benzene rings is 2. The summed E-state index contributed by atoms with van der Waals surface area (Å²) in [6, 6.07) is 12.6. The van der Waals surface area contributed by atoms with Gasteiger partial charge in [-0.15, -0.1) is 16.9 Å². The highest BCUT2D eigenvalue weighted by molar-refractivity contribution is 7.99. The first-order valence-electron chi connectivity index (χ1n) is 8.25. The summed E-state index contributed by atoms with van der Waals surface area (Å²) >= 11 is 1.60. The summed E-state index contributed by atoms with van der Waals surface area (Å²) in [6.45, 7) is 2.03. The van der Waals surface area contributed by atoms with Crippen LogP contribution < -0.4 is 14.8 Å². The van der Waals surface area contributed by atoms with Crippen molar-refractivity contribution < 1.29 is 18.7 Å². The molecular formula is C19H19N3O4S. The van der Waals surface area contributed by atoms with E-state index < -0.39 is 0 Å². The first kappa shape index (κ1) is 18.8. The Morgan fingerprint density at radius 2 is 1.96 bits per heavy atom. The van der Waals surface area contributed by atoms with Gasteiger partial charge in [0, 0.05) is 11.0 Å². The molecule has 0 radical (unpaired) electrons. The van der Waals surface area contributed by atoms with Crippen LogP contribution in [0.4, 0.5) is 6.01 Å². The minimum Gasteiger partial charge on any atom is -0.497 e. The number of hydrogen-bond donors (Lipinski definition) is 1. The highest BCUT2D eigenvalue weighted by Crippen LogP contribution is 2.33. The summed E-state index contributed by atoms with van der Waals surface area (Å²) in [5, 5.41) is 10.6. The van der Waals surface area contributed by atoms with Gasteiger partial charge in [0.2, 0.25) is 0 Å². The molecule has 0 bridgehead atoms. The zero-order valence-corrected chi connectivity index (χ0v) is 16.0. The second kappa shape index (κ2) is 8.59. The molecule has 0 saturated heterocycles. The maximum absolute atomic E-state index is 12.6. The predicted octanol–water partition coefficient (Wildman–Crippen LogP) is 4.12. The van der Waals surface area contributed by atoms with Gasteiger partial charge in [0.25, 0.3) is 11.8 Å². The van der Waals surface area contributed by atoms with Crippen LogP contribution in [0.1, 0.15) is 17.3 Å².